The summed E-state index contributed by atoms with van der Waals surface area (Å²) < 4.78 is 52.7. The number of anilines is 1. The summed E-state index contributed by atoms with van der Waals surface area (Å²) in [7, 11) is -5.14. The number of esters is 1. The Morgan fingerprint density at radius 2 is 1.71 bits per heavy atom. The van der Waals surface area contributed by atoms with Crippen molar-refractivity contribution in [1.82, 2.24) is 24.2 Å². The molecule has 1 unspecified atom stereocenters. The summed E-state index contributed by atoms with van der Waals surface area (Å²) in [6.45, 7) is 7.72. The summed E-state index contributed by atoms with van der Waals surface area (Å²) >= 11 is 0. The maximum Gasteiger partial charge on any atom is 0.363 e. The predicted molar refractivity (Wildman–Crippen MR) is 172 cm³/mol. The molecule has 6 rings (SSSR count). The number of amides is 1. The van der Waals surface area contributed by atoms with Crippen molar-refractivity contribution >= 4 is 39.2 Å². The highest BCUT2D eigenvalue weighted by molar-refractivity contribution is 7.85. The molecule has 2 aliphatic rings. The number of ether oxygens (including phenoxy) is 3. The minimum absolute atomic E-state index is 0.0412. The van der Waals surface area contributed by atoms with Crippen LogP contribution >= 0.6 is 0 Å². The lowest BCUT2D eigenvalue weighted by atomic mass is 9.97. The Morgan fingerprint density at radius 1 is 1.04 bits per heavy atom. The van der Waals surface area contributed by atoms with Gasteiger partial charge in [0.15, 0.2) is 17.7 Å². The van der Waals surface area contributed by atoms with Crippen LogP contribution in [0.3, 0.4) is 0 Å². The van der Waals surface area contributed by atoms with Crippen LogP contribution in [0.2, 0.25) is 0 Å². The first kappa shape index (κ1) is 34.2. The first-order valence-corrected chi connectivity index (χ1v) is 16.6. The van der Waals surface area contributed by atoms with E-state index in [0.717, 1.165) is 5.56 Å². The molecule has 5 N–H and O–H groups in total. The third kappa shape index (κ3) is 5.66. The molecule has 1 aliphatic heterocycles. The number of aromatic nitrogens is 4. The van der Waals surface area contributed by atoms with Crippen LogP contribution < -0.4 is 15.2 Å². The lowest BCUT2D eigenvalue weighted by molar-refractivity contribution is -0.184. The molecule has 1 amide bonds. The zero-order valence-corrected chi connectivity index (χ0v) is 28.0. The van der Waals surface area contributed by atoms with Gasteiger partial charge in [0, 0.05) is 5.41 Å². The minimum Gasteiger partial charge on any atom is -0.488 e. The molecule has 1 saturated heterocycles. The standard InChI is InChI=1S/C32H36N6O10S/c1-29(2,3)47-27(40)22(48-49(43,44)37-26(39)19-13-9-10-14-20(19)45-15-18-11-7-6-8-12-18)23-31(41)30(4,5)32(31,42)28(46-23)38-17-36-21-24(33)34-16-35-25(21)38/h6-14,16-17,22-23,28,41-42H,15H2,1-5H3,(H,37,39)(H2,33,34,35)/t22?,23-,28-,31+,32-/m1/s1. The monoisotopic (exact) mass is 696 g/mol. The Bertz CT molecular complexity index is 2030. The number of nitrogens with one attached hydrogen (secondary N) is 1. The number of aliphatic hydroxyl groups is 2. The Morgan fingerprint density at radius 3 is 2.41 bits per heavy atom. The Kier molecular flexibility index (Phi) is 8.19. The molecule has 1 aliphatic carbocycles. The van der Waals surface area contributed by atoms with Gasteiger partial charge in [-0.3, -0.25) is 9.36 Å². The van der Waals surface area contributed by atoms with Crippen molar-refractivity contribution in [2.24, 2.45) is 5.41 Å². The van der Waals surface area contributed by atoms with Gasteiger partial charge >= 0.3 is 16.3 Å². The number of para-hydroxylation sites is 1. The van der Waals surface area contributed by atoms with Crippen molar-refractivity contribution in [1.29, 1.82) is 0 Å². The van der Waals surface area contributed by atoms with Crippen molar-refractivity contribution in [3.8, 4) is 5.75 Å². The average molecular weight is 697 g/mol. The number of rotatable bonds is 10. The first-order valence-electron chi connectivity index (χ1n) is 15.2. The Hall–Kier alpha value is -4.68. The summed E-state index contributed by atoms with van der Waals surface area (Å²) in [6.07, 6.45) is -3.10. The van der Waals surface area contributed by atoms with Gasteiger partial charge in [-0.15, -0.1) is 0 Å². The highest BCUT2D eigenvalue weighted by atomic mass is 32.2. The lowest BCUT2D eigenvalue weighted by Crippen LogP contribution is -2.52. The molecule has 49 heavy (non-hydrogen) atoms. The second kappa shape index (κ2) is 11.7. The van der Waals surface area contributed by atoms with Crippen molar-refractivity contribution in [3.05, 3.63) is 78.4 Å². The summed E-state index contributed by atoms with van der Waals surface area (Å²) in [6, 6.07) is 15.1. The molecule has 0 spiro atoms. The van der Waals surface area contributed by atoms with Gasteiger partial charge in [0.25, 0.3) is 5.91 Å². The molecule has 5 atom stereocenters. The number of nitrogens with two attached hydrogens (primary N) is 1. The van der Waals surface area contributed by atoms with Gasteiger partial charge in [-0.25, -0.2) is 28.7 Å². The third-order valence-corrected chi connectivity index (χ3v) is 9.74. The molecule has 0 bridgehead atoms. The first-order chi connectivity index (χ1) is 22.9. The maximum absolute atomic E-state index is 13.7. The van der Waals surface area contributed by atoms with Gasteiger partial charge in [0.2, 0.25) is 6.10 Å². The van der Waals surface area contributed by atoms with E-state index >= 15 is 0 Å². The highest BCUT2D eigenvalue weighted by Gasteiger charge is 2.94. The van der Waals surface area contributed by atoms with Crippen LogP contribution in [-0.2, 0) is 35.4 Å². The van der Waals surface area contributed by atoms with Crippen molar-refractivity contribution in [2.45, 2.75) is 76.5 Å². The third-order valence-electron chi connectivity index (χ3n) is 8.84. The van der Waals surface area contributed by atoms with Crippen LogP contribution in [0, 0.1) is 5.41 Å². The van der Waals surface area contributed by atoms with Gasteiger partial charge in [-0.2, -0.15) is 8.42 Å². The predicted octanol–water partition coefficient (Wildman–Crippen LogP) is 1.79. The zero-order chi connectivity index (χ0) is 35.6. The maximum atomic E-state index is 13.7. The smallest absolute Gasteiger partial charge is 0.363 e. The number of nitrogen functional groups attached to an aromatic ring is 1. The highest BCUT2D eigenvalue weighted by Crippen LogP contribution is 2.76. The number of carbonyl (C=O) groups is 2. The summed E-state index contributed by atoms with van der Waals surface area (Å²) in [5.41, 5.74) is -0.0331. The van der Waals surface area contributed by atoms with E-state index < -0.39 is 62.8 Å². The lowest BCUT2D eigenvalue weighted by Gasteiger charge is -2.32. The number of benzene rings is 2. The van der Waals surface area contributed by atoms with Crippen LogP contribution in [0.1, 0.15) is 56.8 Å². The van der Waals surface area contributed by atoms with Crippen molar-refractivity contribution < 1.29 is 46.6 Å². The molecule has 3 heterocycles. The molecule has 17 heteroatoms. The number of fused-ring (bicyclic) bond motifs is 2. The molecule has 2 aromatic heterocycles. The van der Waals surface area contributed by atoms with E-state index in [1.54, 1.807) is 10.8 Å². The quantitative estimate of drug-likeness (QED) is 0.173. The summed E-state index contributed by atoms with van der Waals surface area (Å²) in [5.74, 6) is -2.25. The van der Waals surface area contributed by atoms with E-state index in [1.165, 1.54) is 70.0 Å². The molecule has 260 valence electrons. The van der Waals surface area contributed by atoms with Crippen LogP contribution in [0.4, 0.5) is 5.82 Å². The van der Waals surface area contributed by atoms with E-state index in [1.807, 2.05) is 30.3 Å². The van der Waals surface area contributed by atoms with Crippen LogP contribution in [0.5, 0.6) is 5.75 Å². The van der Waals surface area contributed by atoms with Crippen molar-refractivity contribution in [3.63, 3.8) is 0 Å². The van der Waals surface area contributed by atoms with E-state index in [2.05, 4.69) is 15.0 Å². The largest absolute Gasteiger partial charge is 0.488 e. The van der Waals surface area contributed by atoms with Gasteiger partial charge in [0.05, 0.1) is 11.9 Å². The summed E-state index contributed by atoms with van der Waals surface area (Å²) in [5, 5.41) is 24.0. The molecule has 1 saturated carbocycles. The fourth-order valence-electron chi connectivity index (χ4n) is 6.32. The van der Waals surface area contributed by atoms with Crippen LogP contribution in [-0.4, -0.2) is 79.0 Å². The van der Waals surface area contributed by atoms with E-state index in [4.69, 9.17) is 24.1 Å². The Balaban J connectivity index is 1.30. The van der Waals surface area contributed by atoms with Gasteiger partial charge in [0.1, 0.15) is 47.1 Å². The molecular formula is C32H36N6O10S. The normalized spacial score (nSPS) is 25.0. The topological polar surface area (TPSA) is 227 Å². The number of nitrogens with zero attached hydrogens (tertiary/aromatic N) is 4. The molecule has 16 nitrogen and oxygen atoms in total. The van der Waals surface area contributed by atoms with E-state index in [0.29, 0.717) is 0 Å². The van der Waals surface area contributed by atoms with E-state index in [9.17, 15) is 28.2 Å². The number of hydrogen-bond donors (Lipinski definition) is 4. The molecule has 2 fully saturated rings. The van der Waals surface area contributed by atoms with Gasteiger partial charge < -0.3 is 30.2 Å². The van der Waals surface area contributed by atoms with Gasteiger partial charge in [-0.1, -0.05) is 56.3 Å². The SMILES string of the molecule is CC(C)(C)OC(=O)C(OS(=O)(=O)NC(=O)c1ccccc1OCc1ccccc1)[C@H]1O[C@@H](n2cnc3c(N)ncnc32)[C@@]2(O)C(C)(C)[C@@]12O. The number of imidazole rings is 1. The number of carbonyl (C=O) groups excluding carboxylic acids is 2. The Labute approximate surface area is 281 Å². The van der Waals surface area contributed by atoms with Crippen LogP contribution in [0.25, 0.3) is 11.2 Å². The average Bonchev–Trinajstić information content (AvgIpc) is 3.38. The van der Waals surface area contributed by atoms with Crippen LogP contribution in [0.15, 0.2) is 67.3 Å². The fourth-order valence-corrected chi connectivity index (χ4v) is 7.16. The second-order valence-electron chi connectivity index (χ2n) is 13.4. The molecule has 2 aromatic carbocycles. The molecular weight excluding hydrogens is 660 g/mol. The minimum atomic E-state index is -5.14. The number of hydrogen-bond acceptors (Lipinski definition) is 14. The summed E-state index contributed by atoms with van der Waals surface area (Å²) in [4.78, 5) is 39.2. The zero-order valence-electron chi connectivity index (χ0n) is 27.2. The second-order valence-corrected chi connectivity index (χ2v) is 14.7. The molecule has 0 radical (unpaired) electrons. The van der Waals surface area contributed by atoms with Crippen molar-refractivity contribution in [2.75, 3.05) is 5.73 Å². The fraction of sp³-hybridized carbons (Fsp3) is 0.406. The van der Waals surface area contributed by atoms with E-state index in [-0.39, 0.29) is 34.9 Å². The molecule has 4 aromatic rings. The van der Waals surface area contributed by atoms with Gasteiger partial charge in [-0.05, 0) is 38.5 Å².